The number of aromatic nitrogens is 1. The predicted octanol–water partition coefficient (Wildman–Crippen LogP) is 1.91. The molecule has 1 aromatic rings. The molecule has 2 amide bonds. The van der Waals surface area contributed by atoms with Gasteiger partial charge < -0.3 is 5.32 Å². The van der Waals surface area contributed by atoms with E-state index in [0.717, 1.165) is 5.82 Å². The molecule has 1 saturated heterocycles. The Morgan fingerprint density at radius 3 is 2.56 bits per heavy atom. The van der Waals surface area contributed by atoms with Crippen molar-refractivity contribution in [3.8, 4) is 0 Å². The van der Waals surface area contributed by atoms with Crippen LogP contribution in [0.15, 0.2) is 18.3 Å². The number of carbonyl (C=O) groups excluding carboxylic acids is 1. The van der Waals surface area contributed by atoms with Gasteiger partial charge in [0.25, 0.3) is 0 Å². The Hall–Kier alpha value is -1.58. The fourth-order valence-electron chi connectivity index (χ4n) is 1.68. The summed E-state index contributed by atoms with van der Waals surface area (Å²) in [6.45, 7) is 7.83. The van der Waals surface area contributed by atoms with E-state index in [2.05, 4.69) is 31.1 Å². The third kappa shape index (κ3) is 2.01. The van der Waals surface area contributed by atoms with Gasteiger partial charge in [-0.15, -0.1) is 0 Å². The van der Waals surface area contributed by atoms with E-state index < -0.39 is 0 Å². The number of anilines is 1. The molecule has 0 spiro atoms. The molecule has 4 nitrogen and oxygen atoms in total. The second-order valence-electron chi connectivity index (χ2n) is 5.04. The van der Waals surface area contributed by atoms with Crippen LogP contribution in [-0.4, -0.2) is 24.1 Å². The molecule has 2 heterocycles. The molecule has 0 saturated carbocycles. The molecule has 1 aliphatic rings. The molecule has 1 aliphatic heterocycles. The van der Waals surface area contributed by atoms with Gasteiger partial charge in [-0.25, -0.2) is 9.78 Å². The van der Waals surface area contributed by atoms with E-state index in [4.69, 9.17) is 0 Å². The largest absolute Gasteiger partial charge is 0.336 e. The highest BCUT2D eigenvalue weighted by atomic mass is 16.2. The van der Waals surface area contributed by atoms with Crippen LogP contribution in [0.5, 0.6) is 0 Å². The number of nitrogens with one attached hydrogen (secondary N) is 1. The van der Waals surface area contributed by atoms with Crippen molar-refractivity contribution in [2.45, 2.75) is 26.2 Å². The maximum atomic E-state index is 11.4. The Kier molecular flexibility index (Phi) is 2.58. The summed E-state index contributed by atoms with van der Waals surface area (Å²) in [5, 5.41) is 2.76. The van der Waals surface area contributed by atoms with Crippen LogP contribution < -0.4 is 10.2 Å². The zero-order chi connectivity index (χ0) is 11.8. The maximum Gasteiger partial charge on any atom is 0.323 e. The molecule has 0 bridgehead atoms. The fraction of sp³-hybridized carbons (Fsp3) is 0.500. The highest BCUT2D eigenvalue weighted by molar-refractivity contribution is 5.92. The monoisotopic (exact) mass is 219 g/mol. The lowest BCUT2D eigenvalue weighted by Gasteiger charge is -2.20. The topological polar surface area (TPSA) is 45.2 Å². The van der Waals surface area contributed by atoms with E-state index in [1.54, 1.807) is 4.90 Å². The van der Waals surface area contributed by atoms with Crippen LogP contribution in [-0.2, 0) is 5.41 Å². The van der Waals surface area contributed by atoms with Gasteiger partial charge in [-0.2, -0.15) is 0 Å². The highest BCUT2D eigenvalue weighted by Gasteiger charge is 2.22. The van der Waals surface area contributed by atoms with E-state index in [9.17, 15) is 4.79 Å². The summed E-state index contributed by atoms with van der Waals surface area (Å²) in [6, 6.07) is 3.88. The first kappa shape index (κ1) is 10.9. The standard InChI is InChI=1S/C12H17N3O/c1-12(2,3)9-4-5-10(14-8-9)15-7-6-13-11(15)16/h4-5,8H,6-7H2,1-3H3,(H,13,16). The number of pyridine rings is 1. The van der Waals surface area contributed by atoms with Crippen molar-refractivity contribution in [1.82, 2.24) is 10.3 Å². The highest BCUT2D eigenvalue weighted by Crippen LogP contribution is 2.23. The average molecular weight is 219 g/mol. The number of nitrogens with zero attached hydrogens (tertiary/aromatic N) is 2. The van der Waals surface area contributed by atoms with Crippen molar-refractivity contribution in [3.63, 3.8) is 0 Å². The van der Waals surface area contributed by atoms with Gasteiger partial charge in [0, 0.05) is 19.3 Å². The smallest absolute Gasteiger partial charge is 0.323 e. The SMILES string of the molecule is CC(C)(C)c1ccc(N2CCNC2=O)nc1. The first-order chi connectivity index (χ1) is 7.48. The van der Waals surface area contributed by atoms with Crippen molar-refractivity contribution in [1.29, 1.82) is 0 Å². The molecule has 0 unspecified atom stereocenters. The first-order valence-corrected chi connectivity index (χ1v) is 5.50. The van der Waals surface area contributed by atoms with Gasteiger partial charge >= 0.3 is 6.03 Å². The van der Waals surface area contributed by atoms with Gasteiger partial charge in [0.1, 0.15) is 5.82 Å². The molecule has 2 rings (SSSR count). The Labute approximate surface area is 95.7 Å². The van der Waals surface area contributed by atoms with Gasteiger partial charge in [0.2, 0.25) is 0 Å². The molecule has 0 atom stereocenters. The van der Waals surface area contributed by atoms with Crippen molar-refractivity contribution >= 4 is 11.8 Å². The molecule has 1 fully saturated rings. The number of hydrogen-bond acceptors (Lipinski definition) is 2. The van der Waals surface area contributed by atoms with Gasteiger partial charge in [-0.1, -0.05) is 26.8 Å². The van der Waals surface area contributed by atoms with Crippen LogP contribution in [0.1, 0.15) is 26.3 Å². The minimum absolute atomic E-state index is 0.0593. The Morgan fingerprint density at radius 1 is 1.38 bits per heavy atom. The van der Waals surface area contributed by atoms with E-state index in [1.165, 1.54) is 5.56 Å². The van der Waals surface area contributed by atoms with Crippen molar-refractivity contribution < 1.29 is 4.79 Å². The second-order valence-corrected chi connectivity index (χ2v) is 5.04. The fourth-order valence-corrected chi connectivity index (χ4v) is 1.68. The molecule has 4 heteroatoms. The van der Waals surface area contributed by atoms with Crippen LogP contribution in [0.4, 0.5) is 10.6 Å². The summed E-state index contributed by atoms with van der Waals surface area (Å²) in [7, 11) is 0. The zero-order valence-electron chi connectivity index (χ0n) is 9.95. The van der Waals surface area contributed by atoms with E-state index in [-0.39, 0.29) is 11.4 Å². The number of rotatable bonds is 1. The van der Waals surface area contributed by atoms with Crippen molar-refractivity contribution in [2.75, 3.05) is 18.0 Å². The molecule has 0 radical (unpaired) electrons. The maximum absolute atomic E-state index is 11.4. The van der Waals surface area contributed by atoms with Crippen molar-refractivity contribution in [2.24, 2.45) is 0 Å². The Bertz CT molecular complexity index is 392. The summed E-state index contributed by atoms with van der Waals surface area (Å²) in [5.74, 6) is 0.725. The molecular formula is C12H17N3O. The third-order valence-electron chi connectivity index (χ3n) is 2.75. The quantitative estimate of drug-likeness (QED) is 0.784. The third-order valence-corrected chi connectivity index (χ3v) is 2.75. The van der Waals surface area contributed by atoms with Crippen LogP contribution in [0, 0.1) is 0 Å². The van der Waals surface area contributed by atoms with Crippen LogP contribution in [0.25, 0.3) is 0 Å². The Morgan fingerprint density at radius 2 is 2.12 bits per heavy atom. The number of amides is 2. The van der Waals surface area contributed by atoms with Crippen LogP contribution in [0.2, 0.25) is 0 Å². The average Bonchev–Trinajstić information content (AvgIpc) is 2.63. The molecule has 0 aromatic carbocycles. The summed E-state index contributed by atoms with van der Waals surface area (Å²) in [6.07, 6.45) is 1.85. The van der Waals surface area contributed by atoms with E-state index in [1.807, 2.05) is 18.3 Å². The van der Waals surface area contributed by atoms with Gasteiger partial charge in [0.05, 0.1) is 0 Å². The summed E-state index contributed by atoms with van der Waals surface area (Å²) in [5.41, 5.74) is 1.27. The summed E-state index contributed by atoms with van der Waals surface area (Å²) >= 11 is 0. The number of carbonyl (C=O) groups is 1. The van der Waals surface area contributed by atoms with Gasteiger partial charge in [0.15, 0.2) is 0 Å². The minimum Gasteiger partial charge on any atom is -0.336 e. The normalized spacial score (nSPS) is 16.4. The van der Waals surface area contributed by atoms with Crippen LogP contribution in [0.3, 0.4) is 0 Å². The van der Waals surface area contributed by atoms with Gasteiger partial charge in [-0.05, 0) is 17.0 Å². The van der Waals surface area contributed by atoms with E-state index >= 15 is 0 Å². The summed E-state index contributed by atoms with van der Waals surface area (Å²) < 4.78 is 0. The first-order valence-electron chi connectivity index (χ1n) is 5.50. The molecule has 0 aliphatic carbocycles. The predicted molar refractivity (Wildman–Crippen MR) is 63.7 cm³/mol. The lowest BCUT2D eigenvalue weighted by Crippen LogP contribution is -2.28. The molecular weight excluding hydrogens is 202 g/mol. The molecule has 86 valence electrons. The number of urea groups is 1. The Balaban J connectivity index is 2.22. The van der Waals surface area contributed by atoms with Crippen LogP contribution >= 0.6 is 0 Å². The van der Waals surface area contributed by atoms with Gasteiger partial charge in [-0.3, -0.25) is 4.90 Å². The lowest BCUT2D eigenvalue weighted by atomic mass is 9.88. The number of hydrogen-bond donors (Lipinski definition) is 1. The molecule has 16 heavy (non-hydrogen) atoms. The zero-order valence-corrected chi connectivity index (χ0v) is 9.95. The lowest BCUT2D eigenvalue weighted by molar-refractivity contribution is 0.252. The molecule has 1 N–H and O–H groups in total. The van der Waals surface area contributed by atoms with Crippen molar-refractivity contribution in [3.05, 3.63) is 23.9 Å². The van der Waals surface area contributed by atoms with E-state index in [0.29, 0.717) is 13.1 Å². The molecule has 1 aromatic heterocycles. The second kappa shape index (κ2) is 3.77. The summed E-state index contributed by atoms with van der Waals surface area (Å²) in [4.78, 5) is 17.4. The minimum atomic E-state index is -0.0593.